The first-order chi connectivity index (χ1) is 8.19. The summed E-state index contributed by atoms with van der Waals surface area (Å²) in [5.41, 5.74) is 0. The maximum absolute atomic E-state index is 11.9. The summed E-state index contributed by atoms with van der Waals surface area (Å²) in [6.07, 6.45) is 1.82. The summed E-state index contributed by atoms with van der Waals surface area (Å²) in [5.74, 6) is 0.301. The van der Waals surface area contributed by atoms with Crippen LogP contribution in [0.2, 0.25) is 0 Å². The normalized spacial score (nSPS) is 19.4. The molecule has 4 nitrogen and oxygen atoms in total. The maximum Gasteiger partial charge on any atom is 0.223 e. The number of nitrogens with zero attached hydrogens (tertiary/aromatic N) is 2. The Morgan fingerprint density at radius 3 is 2.41 bits per heavy atom. The number of carbonyl (C=O) groups excluding carboxylic acids is 1. The highest BCUT2D eigenvalue weighted by molar-refractivity contribution is 5.76. The monoisotopic (exact) mass is 241 g/mol. The largest absolute Gasteiger partial charge is 0.340 e. The molecule has 0 saturated carbocycles. The lowest BCUT2D eigenvalue weighted by molar-refractivity contribution is -0.133. The van der Waals surface area contributed by atoms with Gasteiger partial charge < -0.3 is 10.2 Å². The molecule has 1 heterocycles. The molecule has 0 radical (unpaired) electrons. The summed E-state index contributed by atoms with van der Waals surface area (Å²) < 4.78 is 0. The molecule has 1 aliphatic rings. The highest BCUT2D eigenvalue weighted by atomic mass is 16.2. The van der Waals surface area contributed by atoms with Crippen molar-refractivity contribution in [1.82, 2.24) is 15.1 Å². The first-order valence-electron chi connectivity index (χ1n) is 6.91. The summed E-state index contributed by atoms with van der Waals surface area (Å²) in [6.45, 7) is 12.2. The third kappa shape index (κ3) is 4.64. The van der Waals surface area contributed by atoms with Crippen molar-refractivity contribution in [3.05, 3.63) is 0 Å². The van der Waals surface area contributed by atoms with Gasteiger partial charge in [0.25, 0.3) is 0 Å². The molecule has 4 heteroatoms. The van der Waals surface area contributed by atoms with Gasteiger partial charge in [-0.05, 0) is 19.9 Å². The van der Waals surface area contributed by atoms with Crippen molar-refractivity contribution in [1.29, 1.82) is 0 Å². The van der Waals surface area contributed by atoms with Crippen LogP contribution in [0.25, 0.3) is 0 Å². The molecule has 17 heavy (non-hydrogen) atoms. The van der Waals surface area contributed by atoms with Gasteiger partial charge in [0.15, 0.2) is 0 Å². The Hall–Kier alpha value is -0.610. The number of rotatable bonds is 6. The van der Waals surface area contributed by atoms with Crippen LogP contribution in [0.5, 0.6) is 0 Å². The zero-order chi connectivity index (χ0) is 12.7. The summed E-state index contributed by atoms with van der Waals surface area (Å²) in [4.78, 5) is 16.4. The zero-order valence-electron chi connectivity index (χ0n) is 11.5. The quantitative estimate of drug-likeness (QED) is 0.703. The number of amides is 1. The molecule has 1 fully saturated rings. The van der Waals surface area contributed by atoms with E-state index in [1.165, 1.54) is 6.42 Å². The van der Waals surface area contributed by atoms with Crippen LogP contribution in [0.1, 0.15) is 33.6 Å². The highest BCUT2D eigenvalue weighted by Gasteiger charge is 2.22. The van der Waals surface area contributed by atoms with E-state index in [2.05, 4.69) is 31.0 Å². The summed E-state index contributed by atoms with van der Waals surface area (Å²) in [6, 6.07) is 0.647. The number of carbonyl (C=O) groups is 1. The molecule has 1 amide bonds. The Bertz CT molecular complexity index is 225. The van der Waals surface area contributed by atoms with Crippen LogP contribution in [-0.4, -0.2) is 61.0 Å². The fourth-order valence-corrected chi connectivity index (χ4v) is 2.20. The fraction of sp³-hybridized carbons (Fsp3) is 0.923. The lowest BCUT2D eigenvalue weighted by Crippen LogP contribution is -2.51. The summed E-state index contributed by atoms with van der Waals surface area (Å²) in [5, 5.41) is 3.20. The first-order valence-corrected chi connectivity index (χ1v) is 6.91. The fourth-order valence-electron chi connectivity index (χ4n) is 2.20. The molecule has 0 aromatic carbocycles. The van der Waals surface area contributed by atoms with Crippen molar-refractivity contribution >= 4 is 5.91 Å². The van der Waals surface area contributed by atoms with Crippen molar-refractivity contribution in [3.8, 4) is 0 Å². The van der Waals surface area contributed by atoms with E-state index in [-0.39, 0.29) is 0 Å². The van der Waals surface area contributed by atoms with Crippen LogP contribution in [0.4, 0.5) is 0 Å². The smallest absolute Gasteiger partial charge is 0.223 e. The van der Waals surface area contributed by atoms with Gasteiger partial charge in [-0.3, -0.25) is 9.69 Å². The lowest BCUT2D eigenvalue weighted by atomic mass is 10.2. The summed E-state index contributed by atoms with van der Waals surface area (Å²) >= 11 is 0. The van der Waals surface area contributed by atoms with Gasteiger partial charge in [-0.15, -0.1) is 0 Å². The third-order valence-corrected chi connectivity index (χ3v) is 3.65. The highest BCUT2D eigenvalue weighted by Crippen LogP contribution is 2.09. The Balaban J connectivity index is 2.24. The van der Waals surface area contributed by atoms with Crippen molar-refractivity contribution in [3.63, 3.8) is 0 Å². The maximum atomic E-state index is 11.9. The molecule has 100 valence electrons. The second-order valence-corrected chi connectivity index (χ2v) is 4.78. The molecular weight excluding hydrogens is 214 g/mol. The Labute approximate surface area is 105 Å². The molecular formula is C13H27N3O. The van der Waals surface area contributed by atoms with Gasteiger partial charge in [0.2, 0.25) is 5.91 Å². The molecule has 1 atom stereocenters. The van der Waals surface area contributed by atoms with E-state index < -0.39 is 0 Å². The third-order valence-electron chi connectivity index (χ3n) is 3.65. The van der Waals surface area contributed by atoms with Gasteiger partial charge >= 0.3 is 0 Å². The molecule has 0 aliphatic carbocycles. The molecule has 1 unspecified atom stereocenters. The van der Waals surface area contributed by atoms with Crippen molar-refractivity contribution < 1.29 is 4.79 Å². The van der Waals surface area contributed by atoms with Gasteiger partial charge in [-0.2, -0.15) is 0 Å². The Morgan fingerprint density at radius 1 is 1.24 bits per heavy atom. The van der Waals surface area contributed by atoms with E-state index >= 15 is 0 Å². The van der Waals surface area contributed by atoms with Gasteiger partial charge in [0.05, 0.1) is 0 Å². The van der Waals surface area contributed by atoms with Gasteiger partial charge in [-0.25, -0.2) is 0 Å². The van der Waals surface area contributed by atoms with Crippen LogP contribution >= 0.6 is 0 Å². The van der Waals surface area contributed by atoms with Crippen molar-refractivity contribution in [2.45, 2.75) is 39.7 Å². The average Bonchev–Trinajstić information content (AvgIpc) is 2.38. The molecule has 0 aromatic rings. The van der Waals surface area contributed by atoms with Gasteiger partial charge in [0.1, 0.15) is 0 Å². The van der Waals surface area contributed by atoms with Gasteiger partial charge in [-0.1, -0.05) is 13.8 Å². The molecule has 1 N–H and O–H groups in total. The lowest BCUT2D eigenvalue weighted by Gasteiger charge is -2.37. The Morgan fingerprint density at radius 2 is 1.88 bits per heavy atom. The Kier molecular flexibility index (Phi) is 6.52. The van der Waals surface area contributed by atoms with Crippen LogP contribution in [0, 0.1) is 0 Å². The predicted molar refractivity (Wildman–Crippen MR) is 71.1 cm³/mol. The number of nitrogens with one attached hydrogen (secondary N) is 1. The molecule has 0 aromatic heterocycles. The van der Waals surface area contributed by atoms with E-state index in [4.69, 9.17) is 0 Å². The van der Waals surface area contributed by atoms with Crippen molar-refractivity contribution in [2.75, 3.05) is 39.3 Å². The molecule has 1 aliphatic heterocycles. The average molecular weight is 241 g/mol. The van der Waals surface area contributed by atoms with Gasteiger partial charge in [0, 0.05) is 45.2 Å². The van der Waals surface area contributed by atoms with Crippen LogP contribution < -0.4 is 5.32 Å². The standard InChI is InChI=1S/C13H27N3O/c1-4-12(3)15-8-10-16(11-9-15)13(17)6-7-14-5-2/h12,14H,4-11H2,1-3H3. The predicted octanol–water partition coefficient (Wildman–Crippen LogP) is 0.929. The summed E-state index contributed by atoms with van der Waals surface area (Å²) in [7, 11) is 0. The molecule has 0 bridgehead atoms. The second kappa shape index (κ2) is 7.67. The number of piperazine rings is 1. The van der Waals surface area contributed by atoms with Crippen LogP contribution in [-0.2, 0) is 4.79 Å². The second-order valence-electron chi connectivity index (χ2n) is 4.78. The van der Waals surface area contributed by atoms with E-state index in [0.717, 1.165) is 39.3 Å². The minimum Gasteiger partial charge on any atom is -0.340 e. The van der Waals surface area contributed by atoms with Crippen LogP contribution in [0.15, 0.2) is 0 Å². The zero-order valence-corrected chi connectivity index (χ0v) is 11.5. The van der Waals surface area contributed by atoms with E-state index in [1.807, 2.05) is 4.90 Å². The van der Waals surface area contributed by atoms with E-state index in [0.29, 0.717) is 18.4 Å². The minimum absolute atomic E-state index is 0.301. The van der Waals surface area contributed by atoms with Crippen LogP contribution in [0.3, 0.4) is 0 Å². The van der Waals surface area contributed by atoms with E-state index in [9.17, 15) is 4.79 Å². The van der Waals surface area contributed by atoms with Crippen molar-refractivity contribution in [2.24, 2.45) is 0 Å². The number of hydrogen-bond donors (Lipinski definition) is 1. The SMILES string of the molecule is CCNCCC(=O)N1CCN(C(C)CC)CC1. The van der Waals surface area contributed by atoms with E-state index in [1.54, 1.807) is 0 Å². The topological polar surface area (TPSA) is 35.6 Å². The first kappa shape index (κ1) is 14.5. The molecule has 0 spiro atoms. The molecule has 1 saturated heterocycles. The minimum atomic E-state index is 0.301. The number of hydrogen-bond acceptors (Lipinski definition) is 3. The molecule has 1 rings (SSSR count).